The van der Waals surface area contributed by atoms with Gasteiger partial charge in [0.2, 0.25) is 0 Å². The molecule has 0 unspecified atom stereocenters. The Morgan fingerprint density at radius 1 is 1.21 bits per heavy atom. The second-order valence-corrected chi connectivity index (χ2v) is 4.64. The first kappa shape index (κ1) is 14.0. The summed E-state index contributed by atoms with van der Waals surface area (Å²) < 4.78 is 7.54. The molecular formula is C15H23N3O. The average molecular weight is 261 g/mol. The highest BCUT2D eigenvalue weighted by Gasteiger charge is 2.00. The van der Waals surface area contributed by atoms with E-state index in [1.165, 1.54) is 17.3 Å². The quantitative estimate of drug-likeness (QED) is 0.705. The van der Waals surface area contributed by atoms with Gasteiger partial charge in [0.1, 0.15) is 0 Å². The van der Waals surface area contributed by atoms with Gasteiger partial charge in [-0.25, -0.2) is 0 Å². The topological polar surface area (TPSA) is 39.1 Å². The van der Waals surface area contributed by atoms with Gasteiger partial charge in [-0.15, -0.1) is 0 Å². The van der Waals surface area contributed by atoms with Crippen LogP contribution < -0.4 is 5.32 Å². The Balaban J connectivity index is 1.63. The van der Waals surface area contributed by atoms with Crippen LogP contribution in [0.15, 0.2) is 30.5 Å². The van der Waals surface area contributed by atoms with Crippen molar-refractivity contribution in [2.75, 3.05) is 26.3 Å². The van der Waals surface area contributed by atoms with Crippen molar-refractivity contribution in [2.24, 2.45) is 0 Å². The number of unbranched alkanes of at least 4 members (excludes halogenated alkanes) is 1. The number of fused-ring (bicyclic) bond motifs is 1. The second kappa shape index (κ2) is 7.92. The Morgan fingerprint density at radius 3 is 3.00 bits per heavy atom. The summed E-state index contributed by atoms with van der Waals surface area (Å²) in [5.74, 6) is 0. The van der Waals surface area contributed by atoms with Gasteiger partial charge in [0, 0.05) is 25.1 Å². The molecule has 1 N–H and O–H groups in total. The molecule has 0 spiro atoms. The minimum Gasteiger partial charge on any atom is -0.380 e. The Labute approximate surface area is 114 Å². The lowest BCUT2D eigenvalue weighted by Gasteiger charge is -2.07. The molecule has 2 rings (SSSR count). The fourth-order valence-electron chi connectivity index (χ4n) is 2.01. The van der Waals surface area contributed by atoms with Crippen LogP contribution in [0.25, 0.3) is 10.9 Å². The lowest BCUT2D eigenvalue weighted by molar-refractivity contribution is 0.133. The number of rotatable bonds is 9. The summed E-state index contributed by atoms with van der Waals surface area (Å²) in [5.41, 5.74) is 1.20. The van der Waals surface area contributed by atoms with Crippen LogP contribution in [0.4, 0.5) is 0 Å². The molecule has 4 heteroatoms. The third-order valence-electron chi connectivity index (χ3n) is 3.12. The smallest absolute Gasteiger partial charge is 0.0682 e. The fourth-order valence-corrected chi connectivity index (χ4v) is 2.01. The van der Waals surface area contributed by atoms with Gasteiger partial charge in [0.05, 0.1) is 24.9 Å². The summed E-state index contributed by atoms with van der Waals surface area (Å²) >= 11 is 0. The van der Waals surface area contributed by atoms with Crippen molar-refractivity contribution in [3.8, 4) is 0 Å². The Bertz CT molecular complexity index is 481. The maximum absolute atomic E-state index is 5.50. The molecule has 0 aliphatic carbocycles. The van der Waals surface area contributed by atoms with Gasteiger partial charge in [-0.2, -0.15) is 5.10 Å². The number of nitrogens with zero attached hydrogens (tertiary/aromatic N) is 2. The van der Waals surface area contributed by atoms with Crippen LogP contribution in [0.2, 0.25) is 0 Å². The molecule has 0 saturated carbocycles. The van der Waals surface area contributed by atoms with Crippen molar-refractivity contribution in [1.82, 2.24) is 15.1 Å². The highest BCUT2D eigenvalue weighted by molar-refractivity contribution is 5.78. The summed E-state index contributed by atoms with van der Waals surface area (Å²) in [6.45, 7) is 6.56. The Kier molecular flexibility index (Phi) is 5.85. The van der Waals surface area contributed by atoms with Crippen molar-refractivity contribution in [3.05, 3.63) is 30.5 Å². The molecule has 0 aliphatic heterocycles. The highest BCUT2D eigenvalue weighted by atomic mass is 16.5. The van der Waals surface area contributed by atoms with E-state index in [1.54, 1.807) is 0 Å². The fraction of sp³-hybridized carbons (Fsp3) is 0.533. The molecule has 0 aliphatic rings. The van der Waals surface area contributed by atoms with Gasteiger partial charge in [0.15, 0.2) is 0 Å². The SMILES string of the molecule is CCCCOCCNCCn1ncc2ccccc21. The molecule has 0 bridgehead atoms. The number of ether oxygens (including phenoxy) is 1. The third-order valence-corrected chi connectivity index (χ3v) is 3.12. The molecule has 19 heavy (non-hydrogen) atoms. The molecule has 0 saturated heterocycles. The molecule has 0 amide bonds. The first-order valence-electron chi connectivity index (χ1n) is 7.11. The normalized spacial score (nSPS) is 11.2. The first-order chi connectivity index (χ1) is 9.42. The second-order valence-electron chi connectivity index (χ2n) is 4.64. The Morgan fingerprint density at radius 2 is 2.11 bits per heavy atom. The summed E-state index contributed by atoms with van der Waals surface area (Å²) in [5, 5.41) is 8.98. The summed E-state index contributed by atoms with van der Waals surface area (Å²) in [7, 11) is 0. The van der Waals surface area contributed by atoms with E-state index in [0.29, 0.717) is 0 Å². The lowest BCUT2D eigenvalue weighted by Crippen LogP contribution is -2.24. The first-order valence-corrected chi connectivity index (χ1v) is 7.11. The maximum Gasteiger partial charge on any atom is 0.0682 e. The largest absolute Gasteiger partial charge is 0.380 e. The van der Waals surface area contributed by atoms with Crippen LogP contribution in [-0.2, 0) is 11.3 Å². The Hall–Kier alpha value is -1.39. The molecule has 0 atom stereocenters. The number of para-hydroxylation sites is 1. The van der Waals surface area contributed by atoms with E-state index in [4.69, 9.17) is 4.74 Å². The molecular weight excluding hydrogens is 238 g/mol. The minimum absolute atomic E-state index is 0.792. The summed E-state index contributed by atoms with van der Waals surface area (Å²) in [6, 6.07) is 8.29. The number of aromatic nitrogens is 2. The number of benzene rings is 1. The molecule has 1 heterocycles. The number of hydrogen-bond acceptors (Lipinski definition) is 3. The monoisotopic (exact) mass is 261 g/mol. The maximum atomic E-state index is 5.50. The van der Waals surface area contributed by atoms with Gasteiger partial charge >= 0.3 is 0 Å². The van der Waals surface area contributed by atoms with Crippen molar-refractivity contribution < 1.29 is 4.74 Å². The molecule has 0 fully saturated rings. The van der Waals surface area contributed by atoms with Crippen LogP contribution in [-0.4, -0.2) is 36.1 Å². The third kappa shape index (κ3) is 4.33. The summed E-state index contributed by atoms with van der Waals surface area (Å²) in [6.07, 6.45) is 4.27. The van der Waals surface area contributed by atoms with Gasteiger partial charge in [0.25, 0.3) is 0 Å². The van der Waals surface area contributed by atoms with E-state index in [0.717, 1.165) is 39.3 Å². The van der Waals surface area contributed by atoms with Crippen LogP contribution in [0.1, 0.15) is 19.8 Å². The zero-order chi connectivity index (χ0) is 13.3. The molecule has 4 nitrogen and oxygen atoms in total. The standard InChI is InChI=1S/C15H23N3O/c1-2-3-11-19-12-9-16-8-10-18-15-7-5-4-6-14(15)13-17-18/h4-7,13,16H,2-3,8-12H2,1H3. The number of hydrogen-bond donors (Lipinski definition) is 1. The molecule has 104 valence electrons. The zero-order valence-electron chi connectivity index (χ0n) is 11.6. The molecule has 0 radical (unpaired) electrons. The van der Waals surface area contributed by atoms with Gasteiger partial charge in [-0.05, 0) is 12.5 Å². The number of nitrogens with one attached hydrogen (secondary N) is 1. The summed E-state index contributed by atoms with van der Waals surface area (Å²) in [4.78, 5) is 0. The van der Waals surface area contributed by atoms with E-state index < -0.39 is 0 Å². The minimum atomic E-state index is 0.792. The average Bonchev–Trinajstić information content (AvgIpc) is 2.85. The zero-order valence-corrected chi connectivity index (χ0v) is 11.6. The molecule has 2 aromatic rings. The predicted octanol–water partition coefficient (Wildman–Crippen LogP) is 2.44. The van der Waals surface area contributed by atoms with Crippen LogP contribution in [0.5, 0.6) is 0 Å². The van der Waals surface area contributed by atoms with Gasteiger partial charge in [-0.1, -0.05) is 31.5 Å². The van der Waals surface area contributed by atoms with E-state index in [1.807, 2.05) is 16.9 Å². The lowest BCUT2D eigenvalue weighted by atomic mass is 10.3. The van der Waals surface area contributed by atoms with Gasteiger partial charge in [-0.3, -0.25) is 4.68 Å². The van der Waals surface area contributed by atoms with Crippen molar-refractivity contribution in [2.45, 2.75) is 26.3 Å². The van der Waals surface area contributed by atoms with Crippen LogP contribution in [0, 0.1) is 0 Å². The molecule has 1 aromatic carbocycles. The van der Waals surface area contributed by atoms with E-state index in [-0.39, 0.29) is 0 Å². The van der Waals surface area contributed by atoms with Crippen molar-refractivity contribution in [3.63, 3.8) is 0 Å². The van der Waals surface area contributed by atoms with Crippen LogP contribution >= 0.6 is 0 Å². The van der Waals surface area contributed by atoms with E-state index >= 15 is 0 Å². The molecule has 1 aromatic heterocycles. The highest BCUT2D eigenvalue weighted by Crippen LogP contribution is 2.11. The van der Waals surface area contributed by atoms with Crippen molar-refractivity contribution >= 4 is 10.9 Å². The van der Waals surface area contributed by atoms with E-state index in [2.05, 4.69) is 35.5 Å². The van der Waals surface area contributed by atoms with Crippen LogP contribution in [0.3, 0.4) is 0 Å². The van der Waals surface area contributed by atoms with E-state index in [9.17, 15) is 0 Å². The predicted molar refractivity (Wildman–Crippen MR) is 78.3 cm³/mol. The van der Waals surface area contributed by atoms with Gasteiger partial charge < -0.3 is 10.1 Å². The van der Waals surface area contributed by atoms with Crippen molar-refractivity contribution in [1.29, 1.82) is 0 Å².